The Bertz CT molecular complexity index is 1470. The zero-order valence-electron chi connectivity index (χ0n) is 21.5. The summed E-state index contributed by atoms with van der Waals surface area (Å²) in [4.78, 5) is 11.6. The van der Waals surface area contributed by atoms with Crippen LogP contribution >= 0.6 is 0 Å². The van der Waals surface area contributed by atoms with Crippen molar-refractivity contribution < 1.29 is 34.0 Å². The number of aliphatic carboxylic acids is 1. The minimum absolute atomic E-state index is 0.122. The average molecular weight is 519 g/mol. The fraction of sp³-hybridized carbons (Fsp3) is 0.276. The number of fused-ring (bicyclic) bond motifs is 2. The zero-order chi connectivity index (χ0) is 26.9. The summed E-state index contributed by atoms with van der Waals surface area (Å²) in [6.07, 6.45) is 1.99. The van der Waals surface area contributed by atoms with E-state index in [4.69, 9.17) is 18.9 Å². The van der Waals surface area contributed by atoms with E-state index >= 15 is 0 Å². The average Bonchev–Trinajstić information content (AvgIpc) is 3.39. The molecule has 0 spiro atoms. The standard InChI is InChI=1S/C29H30N2O7/c1-29(17-32,28(33)34)30-16-22-25(35-2)14-19(15-26(22)36-3)31-10-9-21-20(5-4-6-23(21)31)18-7-8-24-27(13-18)38-12-11-37-24/h4-10,13-15,30,32H,11-12,16-17H2,1-3H3,(H,33,34). The smallest absolute Gasteiger partial charge is 0.326 e. The van der Waals surface area contributed by atoms with Gasteiger partial charge in [-0.15, -0.1) is 0 Å². The first-order chi connectivity index (χ1) is 18.4. The van der Waals surface area contributed by atoms with Crippen LogP contribution in [0.3, 0.4) is 0 Å². The molecule has 3 aromatic carbocycles. The second-order valence-electron chi connectivity index (χ2n) is 9.26. The van der Waals surface area contributed by atoms with Crippen LogP contribution in [0.15, 0.2) is 60.8 Å². The molecule has 0 aliphatic carbocycles. The summed E-state index contributed by atoms with van der Waals surface area (Å²) in [5.74, 6) is 1.40. The number of ether oxygens (including phenoxy) is 4. The van der Waals surface area contributed by atoms with Crippen molar-refractivity contribution in [2.24, 2.45) is 0 Å². The van der Waals surface area contributed by atoms with Crippen LogP contribution in [-0.2, 0) is 11.3 Å². The molecular formula is C29H30N2O7. The van der Waals surface area contributed by atoms with Gasteiger partial charge in [0.15, 0.2) is 11.5 Å². The second-order valence-corrected chi connectivity index (χ2v) is 9.26. The Morgan fingerprint density at radius 2 is 1.74 bits per heavy atom. The number of aromatic nitrogens is 1. The molecule has 4 aromatic rings. The van der Waals surface area contributed by atoms with Crippen LogP contribution in [0.2, 0.25) is 0 Å². The lowest BCUT2D eigenvalue weighted by Crippen LogP contribution is -2.52. The molecule has 3 N–H and O–H groups in total. The molecule has 1 aromatic heterocycles. The Labute approximate surface area is 220 Å². The van der Waals surface area contributed by atoms with Crippen molar-refractivity contribution in [3.8, 4) is 39.8 Å². The van der Waals surface area contributed by atoms with Gasteiger partial charge in [0.05, 0.1) is 37.6 Å². The van der Waals surface area contributed by atoms with E-state index in [2.05, 4.69) is 17.4 Å². The number of aliphatic hydroxyl groups is 1. The molecule has 0 fully saturated rings. The Hall–Kier alpha value is -4.21. The van der Waals surface area contributed by atoms with Gasteiger partial charge >= 0.3 is 5.97 Å². The Morgan fingerprint density at radius 3 is 2.39 bits per heavy atom. The molecule has 0 saturated heterocycles. The minimum Gasteiger partial charge on any atom is -0.496 e. The lowest BCUT2D eigenvalue weighted by molar-refractivity contribution is -0.145. The highest BCUT2D eigenvalue weighted by atomic mass is 16.6. The Morgan fingerprint density at radius 1 is 1.03 bits per heavy atom. The molecule has 0 radical (unpaired) electrons. The number of nitrogens with zero attached hydrogens (tertiary/aromatic N) is 1. The van der Waals surface area contributed by atoms with Gasteiger partial charge in [-0.05, 0) is 42.3 Å². The maximum absolute atomic E-state index is 11.6. The van der Waals surface area contributed by atoms with E-state index in [9.17, 15) is 15.0 Å². The quantitative estimate of drug-likeness (QED) is 0.305. The van der Waals surface area contributed by atoms with Crippen molar-refractivity contribution >= 4 is 16.9 Å². The number of hydrogen-bond acceptors (Lipinski definition) is 7. The van der Waals surface area contributed by atoms with Crippen LogP contribution in [0.5, 0.6) is 23.0 Å². The van der Waals surface area contributed by atoms with Crippen molar-refractivity contribution in [3.63, 3.8) is 0 Å². The lowest BCUT2D eigenvalue weighted by atomic mass is 10.0. The van der Waals surface area contributed by atoms with E-state index in [1.165, 1.54) is 6.92 Å². The number of methoxy groups -OCH3 is 2. The van der Waals surface area contributed by atoms with Crippen LogP contribution in [0.4, 0.5) is 0 Å². The van der Waals surface area contributed by atoms with E-state index in [0.29, 0.717) is 30.3 Å². The van der Waals surface area contributed by atoms with Gasteiger partial charge in [-0.25, -0.2) is 0 Å². The predicted molar refractivity (Wildman–Crippen MR) is 143 cm³/mol. The number of rotatable bonds is 9. The number of carboxylic acid groups (broad SMARTS) is 1. The van der Waals surface area contributed by atoms with Gasteiger partial charge in [0.1, 0.15) is 30.3 Å². The highest BCUT2D eigenvalue weighted by Gasteiger charge is 2.32. The summed E-state index contributed by atoms with van der Waals surface area (Å²) in [6.45, 7) is 2.06. The number of hydrogen-bond donors (Lipinski definition) is 3. The van der Waals surface area contributed by atoms with Gasteiger partial charge < -0.3 is 33.7 Å². The van der Waals surface area contributed by atoms with Crippen molar-refractivity contribution in [1.82, 2.24) is 9.88 Å². The van der Waals surface area contributed by atoms with Crippen LogP contribution in [-0.4, -0.2) is 60.3 Å². The van der Waals surface area contributed by atoms with Crippen molar-refractivity contribution in [2.45, 2.75) is 19.0 Å². The number of benzene rings is 3. The predicted octanol–water partition coefficient (Wildman–Crippen LogP) is 4.01. The van der Waals surface area contributed by atoms with Crippen molar-refractivity contribution in [1.29, 1.82) is 0 Å². The summed E-state index contributed by atoms with van der Waals surface area (Å²) >= 11 is 0. The van der Waals surface area contributed by atoms with Crippen molar-refractivity contribution in [2.75, 3.05) is 34.0 Å². The maximum Gasteiger partial charge on any atom is 0.326 e. The zero-order valence-corrected chi connectivity index (χ0v) is 21.5. The SMILES string of the molecule is COc1cc(-n2ccc3c(-c4ccc5c(c4)OCCO5)cccc32)cc(OC)c1CNC(C)(CO)C(=O)O. The summed E-state index contributed by atoms with van der Waals surface area (Å²) in [5, 5.41) is 23.1. The Balaban J connectivity index is 1.54. The summed E-state index contributed by atoms with van der Waals surface area (Å²) in [6, 6.07) is 17.9. The van der Waals surface area contributed by atoms with Gasteiger partial charge in [0.2, 0.25) is 0 Å². The first kappa shape index (κ1) is 25.4. The molecule has 9 nitrogen and oxygen atoms in total. The molecule has 38 heavy (non-hydrogen) atoms. The van der Waals surface area contributed by atoms with E-state index in [1.54, 1.807) is 14.2 Å². The molecule has 198 valence electrons. The first-order valence-corrected chi connectivity index (χ1v) is 12.2. The molecule has 1 aliphatic rings. The van der Waals surface area contributed by atoms with Crippen molar-refractivity contribution in [3.05, 3.63) is 66.4 Å². The highest BCUT2D eigenvalue weighted by molar-refractivity contribution is 5.96. The van der Waals surface area contributed by atoms with Crippen LogP contribution in [0, 0.1) is 0 Å². The van der Waals surface area contributed by atoms with Gasteiger partial charge in [-0.3, -0.25) is 10.1 Å². The second kappa shape index (κ2) is 10.3. The lowest BCUT2D eigenvalue weighted by Gasteiger charge is -2.25. The minimum atomic E-state index is -1.50. The van der Waals surface area contributed by atoms with Crippen LogP contribution < -0.4 is 24.3 Å². The number of carboxylic acids is 1. The Kier molecular flexibility index (Phi) is 6.88. The molecule has 1 atom stereocenters. The van der Waals surface area contributed by atoms with Crippen LogP contribution in [0.1, 0.15) is 12.5 Å². The van der Waals surface area contributed by atoms with E-state index in [0.717, 1.165) is 39.2 Å². The van der Waals surface area contributed by atoms with E-state index < -0.39 is 18.1 Å². The topological polar surface area (TPSA) is 111 Å². The first-order valence-electron chi connectivity index (χ1n) is 12.2. The van der Waals surface area contributed by atoms with Gasteiger partial charge in [0.25, 0.3) is 0 Å². The summed E-state index contributed by atoms with van der Waals surface area (Å²) in [5.41, 5.74) is 3.05. The molecule has 1 aliphatic heterocycles. The summed E-state index contributed by atoms with van der Waals surface area (Å²) in [7, 11) is 3.11. The van der Waals surface area contributed by atoms with E-state index in [1.807, 2.05) is 53.2 Å². The highest BCUT2D eigenvalue weighted by Crippen LogP contribution is 2.39. The molecule has 5 rings (SSSR count). The van der Waals surface area contributed by atoms with E-state index in [-0.39, 0.29) is 6.54 Å². The molecule has 0 bridgehead atoms. The monoisotopic (exact) mass is 518 g/mol. The molecule has 1 unspecified atom stereocenters. The number of carbonyl (C=O) groups is 1. The third kappa shape index (κ3) is 4.51. The van der Waals surface area contributed by atoms with Crippen LogP contribution in [0.25, 0.3) is 27.7 Å². The molecule has 0 saturated carbocycles. The largest absolute Gasteiger partial charge is 0.496 e. The third-order valence-electron chi connectivity index (χ3n) is 6.90. The van der Waals surface area contributed by atoms with Gasteiger partial charge in [-0.1, -0.05) is 18.2 Å². The maximum atomic E-state index is 11.6. The third-order valence-corrected chi connectivity index (χ3v) is 6.90. The molecular weight excluding hydrogens is 488 g/mol. The molecule has 2 heterocycles. The van der Waals surface area contributed by atoms with Gasteiger partial charge in [-0.2, -0.15) is 0 Å². The number of aliphatic hydroxyl groups excluding tert-OH is 1. The normalized spacial score (nSPS) is 14.2. The molecule has 9 heteroatoms. The molecule has 0 amide bonds. The fourth-order valence-corrected chi connectivity index (χ4v) is 4.62. The van der Waals surface area contributed by atoms with Gasteiger partial charge in [0, 0.05) is 30.3 Å². The fourth-order valence-electron chi connectivity index (χ4n) is 4.62. The summed E-state index contributed by atoms with van der Waals surface area (Å²) < 4.78 is 24.9. The number of nitrogens with one attached hydrogen (secondary N) is 1.